The van der Waals surface area contributed by atoms with E-state index < -0.39 is 0 Å². The molecule has 0 spiro atoms. The zero-order chi connectivity index (χ0) is 13.7. The zero-order valence-electron chi connectivity index (χ0n) is 11.2. The number of rotatable bonds is 3. The third-order valence-electron chi connectivity index (χ3n) is 3.36. The predicted molar refractivity (Wildman–Crippen MR) is 76.5 cm³/mol. The second kappa shape index (κ2) is 6.07. The first-order valence-corrected chi connectivity index (χ1v) is 6.68. The summed E-state index contributed by atoms with van der Waals surface area (Å²) < 4.78 is 0. The Bertz CT molecular complexity index is 557. The molecular formula is C16H17N3. The SMILES string of the molecule is CCCN1CCCc2cc(C=C(C#N)C#N)ccc21. The number of benzene rings is 1. The van der Waals surface area contributed by atoms with Crippen molar-refractivity contribution in [1.29, 1.82) is 10.5 Å². The number of hydrogen-bond acceptors (Lipinski definition) is 3. The lowest BCUT2D eigenvalue weighted by atomic mass is 9.98. The Labute approximate surface area is 114 Å². The van der Waals surface area contributed by atoms with Gasteiger partial charge in [0, 0.05) is 18.8 Å². The average Bonchev–Trinajstić information content (AvgIpc) is 2.45. The molecule has 3 heteroatoms. The first-order chi connectivity index (χ1) is 9.28. The molecular weight excluding hydrogens is 234 g/mol. The van der Waals surface area contributed by atoms with Crippen molar-refractivity contribution in [2.75, 3.05) is 18.0 Å². The lowest BCUT2D eigenvalue weighted by Gasteiger charge is -2.31. The Morgan fingerprint density at radius 2 is 2.16 bits per heavy atom. The minimum atomic E-state index is 0.154. The zero-order valence-corrected chi connectivity index (χ0v) is 11.2. The van der Waals surface area contributed by atoms with Gasteiger partial charge in [-0.05, 0) is 48.6 Å². The van der Waals surface area contributed by atoms with E-state index in [2.05, 4.69) is 24.0 Å². The van der Waals surface area contributed by atoms with Gasteiger partial charge in [0.15, 0.2) is 0 Å². The van der Waals surface area contributed by atoms with E-state index in [0.29, 0.717) is 0 Å². The van der Waals surface area contributed by atoms with E-state index in [4.69, 9.17) is 10.5 Å². The topological polar surface area (TPSA) is 50.8 Å². The molecule has 0 radical (unpaired) electrons. The molecule has 0 N–H and O–H groups in total. The smallest absolute Gasteiger partial charge is 0.130 e. The van der Waals surface area contributed by atoms with E-state index in [-0.39, 0.29) is 5.57 Å². The van der Waals surface area contributed by atoms with Crippen LogP contribution in [-0.2, 0) is 6.42 Å². The van der Waals surface area contributed by atoms with E-state index in [1.807, 2.05) is 18.2 Å². The van der Waals surface area contributed by atoms with Crippen molar-refractivity contribution in [3.63, 3.8) is 0 Å². The van der Waals surface area contributed by atoms with Gasteiger partial charge < -0.3 is 4.90 Å². The fourth-order valence-electron chi connectivity index (χ4n) is 2.54. The first-order valence-electron chi connectivity index (χ1n) is 6.68. The van der Waals surface area contributed by atoms with Crippen LogP contribution in [0.3, 0.4) is 0 Å². The van der Waals surface area contributed by atoms with Gasteiger partial charge in [0.25, 0.3) is 0 Å². The van der Waals surface area contributed by atoms with Crippen molar-refractivity contribution in [3.05, 3.63) is 34.9 Å². The maximum absolute atomic E-state index is 8.79. The minimum Gasteiger partial charge on any atom is -0.371 e. The molecule has 0 unspecified atom stereocenters. The van der Waals surface area contributed by atoms with Crippen LogP contribution in [0, 0.1) is 22.7 Å². The molecule has 1 aliphatic heterocycles. The van der Waals surface area contributed by atoms with Crippen LogP contribution in [0.4, 0.5) is 5.69 Å². The summed E-state index contributed by atoms with van der Waals surface area (Å²) in [5.74, 6) is 0. The lowest BCUT2D eigenvalue weighted by Crippen LogP contribution is -2.29. The minimum absolute atomic E-state index is 0.154. The summed E-state index contributed by atoms with van der Waals surface area (Å²) in [5.41, 5.74) is 3.72. The van der Waals surface area contributed by atoms with Crippen molar-refractivity contribution >= 4 is 11.8 Å². The van der Waals surface area contributed by atoms with Gasteiger partial charge in [0.2, 0.25) is 0 Å². The molecule has 1 aromatic rings. The van der Waals surface area contributed by atoms with Gasteiger partial charge in [0.05, 0.1) is 0 Å². The summed E-state index contributed by atoms with van der Waals surface area (Å²) in [6.45, 7) is 4.40. The molecule has 3 nitrogen and oxygen atoms in total. The normalized spacial score (nSPS) is 13.1. The van der Waals surface area contributed by atoms with Crippen LogP contribution in [0.25, 0.3) is 6.08 Å². The lowest BCUT2D eigenvalue weighted by molar-refractivity contribution is 0.681. The molecule has 0 saturated carbocycles. The second-order valence-electron chi connectivity index (χ2n) is 4.76. The van der Waals surface area contributed by atoms with Gasteiger partial charge in [-0.2, -0.15) is 10.5 Å². The molecule has 0 saturated heterocycles. The van der Waals surface area contributed by atoms with Crippen LogP contribution in [0.5, 0.6) is 0 Å². The Hall–Kier alpha value is -2.26. The molecule has 2 rings (SSSR count). The van der Waals surface area contributed by atoms with Crippen LogP contribution < -0.4 is 4.90 Å². The fourth-order valence-corrected chi connectivity index (χ4v) is 2.54. The van der Waals surface area contributed by atoms with Crippen molar-refractivity contribution in [2.24, 2.45) is 0 Å². The molecule has 19 heavy (non-hydrogen) atoms. The van der Waals surface area contributed by atoms with E-state index in [0.717, 1.165) is 31.5 Å². The number of allylic oxidation sites excluding steroid dienone is 1. The highest BCUT2D eigenvalue weighted by atomic mass is 15.1. The monoisotopic (exact) mass is 251 g/mol. The number of nitriles is 2. The first kappa shape index (κ1) is 13.2. The molecule has 0 amide bonds. The van der Waals surface area contributed by atoms with Gasteiger partial charge >= 0.3 is 0 Å². The van der Waals surface area contributed by atoms with E-state index >= 15 is 0 Å². The maximum atomic E-state index is 8.79. The number of hydrogen-bond donors (Lipinski definition) is 0. The maximum Gasteiger partial charge on any atom is 0.130 e. The number of aryl methyl sites for hydroxylation is 1. The molecule has 1 heterocycles. The van der Waals surface area contributed by atoms with Gasteiger partial charge in [0.1, 0.15) is 17.7 Å². The van der Waals surface area contributed by atoms with Crippen LogP contribution in [0.15, 0.2) is 23.8 Å². The van der Waals surface area contributed by atoms with E-state index in [9.17, 15) is 0 Å². The Kier molecular flexibility index (Phi) is 4.21. The van der Waals surface area contributed by atoms with Gasteiger partial charge in [-0.25, -0.2) is 0 Å². The highest BCUT2D eigenvalue weighted by Gasteiger charge is 2.15. The highest BCUT2D eigenvalue weighted by Crippen LogP contribution is 2.28. The Morgan fingerprint density at radius 3 is 2.84 bits per heavy atom. The van der Waals surface area contributed by atoms with Crippen LogP contribution in [0.2, 0.25) is 0 Å². The van der Waals surface area contributed by atoms with E-state index in [1.54, 1.807) is 6.08 Å². The average molecular weight is 251 g/mol. The van der Waals surface area contributed by atoms with Crippen molar-refractivity contribution < 1.29 is 0 Å². The largest absolute Gasteiger partial charge is 0.371 e. The fraction of sp³-hybridized carbons (Fsp3) is 0.375. The summed E-state index contributed by atoms with van der Waals surface area (Å²) in [6, 6.07) is 10.0. The van der Waals surface area contributed by atoms with Crippen LogP contribution in [-0.4, -0.2) is 13.1 Å². The van der Waals surface area contributed by atoms with Crippen LogP contribution in [0.1, 0.15) is 30.9 Å². The van der Waals surface area contributed by atoms with E-state index in [1.165, 1.54) is 17.7 Å². The predicted octanol–water partition coefficient (Wildman–Crippen LogP) is 3.28. The summed E-state index contributed by atoms with van der Waals surface area (Å²) in [6.07, 6.45) is 5.04. The molecule has 0 aliphatic carbocycles. The number of anilines is 1. The molecule has 1 aromatic carbocycles. The summed E-state index contributed by atoms with van der Waals surface area (Å²) in [5, 5.41) is 17.6. The molecule has 0 bridgehead atoms. The second-order valence-corrected chi connectivity index (χ2v) is 4.76. The van der Waals surface area contributed by atoms with Crippen molar-refractivity contribution in [3.8, 4) is 12.1 Å². The number of nitrogens with zero attached hydrogens (tertiary/aromatic N) is 3. The molecule has 1 aliphatic rings. The molecule has 96 valence electrons. The summed E-state index contributed by atoms with van der Waals surface area (Å²) >= 11 is 0. The van der Waals surface area contributed by atoms with Gasteiger partial charge in [-0.1, -0.05) is 13.0 Å². The Balaban J connectivity index is 2.32. The van der Waals surface area contributed by atoms with Crippen molar-refractivity contribution in [2.45, 2.75) is 26.2 Å². The number of fused-ring (bicyclic) bond motifs is 1. The standard InChI is InChI=1S/C16H17N3/c1-2-7-19-8-3-4-15-10-13(5-6-16(15)19)9-14(11-17)12-18/h5-6,9-10H,2-4,7-8H2,1H3. The summed E-state index contributed by atoms with van der Waals surface area (Å²) in [7, 11) is 0. The molecule has 0 atom stereocenters. The summed E-state index contributed by atoms with van der Waals surface area (Å²) in [4.78, 5) is 2.42. The third-order valence-corrected chi connectivity index (χ3v) is 3.36. The van der Waals surface area contributed by atoms with Gasteiger partial charge in [-0.3, -0.25) is 0 Å². The van der Waals surface area contributed by atoms with Gasteiger partial charge in [-0.15, -0.1) is 0 Å². The Morgan fingerprint density at radius 1 is 1.37 bits per heavy atom. The van der Waals surface area contributed by atoms with Crippen molar-refractivity contribution in [1.82, 2.24) is 0 Å². The van der Waals surface area contributed by atoms with Crippen LogP contribution >= 0.6 is 0 Å². The molecule has 0 aromatic heterocycles. The molecule has 0 fully saturated rings. The quantitative estimate of drug-likeness (QED) is 0.775. The highest BCUT2D eigenvalue weighted by molar-refractivity contribution is 5.66. The third kappa shape index (κ3) is 2.95.